The van der Waals surface area contributed by atoms with Crippen LogP contribution in [0.3, 0.4) is 0 Å². The van der Waals surface area contributed by atoms with E-state index in [0.29, 0.717) is 23.4 Å². The summed E-state index contributed by atoms with van der Waals surface area (Å²) < 4.78 is 46.7. The molecular formula is C20H21F3N2O. The van der Waals surface area contributed by atoms with Crippen LogP contribution >= 0.6 is 0 Å². The molecule has 3 nitrogen and oxygen atoms in total. The van der Waals surface area contributed by atoms with E-state index in [1.807, 2.05) is 43.5 Å². The van der Waals surface area contributed by atoms with Crippen molar-refractivity contribution in [3.8, 4) is 5.75 Å². The van der Waals surface area contributed by atoms with Crippen LogP contribution in [-0.2, 0) is 19.3 Å². The summed E-state index contributed by atoms with van der Waals surface area (Å²) in [5, 5.41) is 0. The fourth-order valence-electron chi connectivity index (χ4n) is 2.96. The quantitative estimate of drug-likeness (QED) is 0.585. The molecule has 1 heterocycles. The highest BCUT2D eigenvalue weighted by Crippen LogP contribution is 2.32. The second kappa shape index (κ2) is 7.02. The standard InChI is InChI=1S/C20H21F3N2O/c1-4-10-25-17-9-8-15(20(21,22)23)11-16(17)24-19(25)12-26-18-7-5-6-13(2)14(18)3/h5-9,11H,4,10,12H2,1-3H3. The SMILES string of the molecule is CCCn1c(COc2cccc(C)c2C)nc2cc(C(F)(F)F)ccc21. The molecule has 0 unspecified atom stereocenters. The molecule has 0 N–H and O–H groups in total. The monoisotopic (exact) mass is 362 g/mol. The smallest absolute Gasteiger partial charge is 0.416 e. The minimum absolute atomic E-state index is 0.209. The molecule has 0 saturated carbocycles. The number of rotatable bonds is 5. The van der Waals surface area contributed by atoms with E-state index in [2.05, 4.69) is 4.98 Å². The average Bonchev–Trinajstić information content (AvgIpc) is 2.93. The van der Waals surface area contributed by atoms with Crippen molar-refractivity contribution in [2.75, 3.05) is 0 Å². The van der Waals surface area contributed by atoms with Gasteiger partial charge in [0.15, 0.2) is 0 Å². The van der Waals surface area contributed by atoms with Crippen molar-refractivity contribution in [1.29, 1.82) is 0 Å². The molecule has 0 fully saturated rings. The number of halogens is 3. The van der Waals surface area contributed by atoms with Crippen LogP contribution in [-0.4, -0.2) is 9.55 Å². The molecule has 0 aliphatic carbocycles. The van der Waals surface area contributed by atoms with Gasteiger partial charge in [0.05, 0.1) is 16.6 Å². The minimum atomic E-state index is -4.38. The van der Waals surface area contributed by atoms with E-state index >= 15 is 0 Å². The predicted molar refractivity (Wildman–Crippen MR) is 95.3 cm³/mol. The van der Waals surface area contributed by atoms with E-state index in [4.69, 9.17) is 4.74 Å². The van der Waals surface area contributed by atoms with Crippen LogP contribution in [0.25, 0.3) is 11.0 Å². The number of aromatic nitrogens is 2. The third kappa shape index (κ3) is 3.54. The number of ether oxygens (including phenoxy) is 1. The summed E-state index contributed by atoms with van der Waals surface area (Å²) in [5.41, 5.74) is 2.52. The van der Waals surface area contributed by atoms with Crippen LogP contribution < -0.4 is 4.74 Å². The van der Waals surface area contributed by atoms with Crippen LogP contribution in [0.4, 0.5) is 13.2 Å². The first-order valence-electron chi connectivity index (χ1n) is 8.56. The molecule has 3 rings (SSSR count). The molecule has 0 bridgehead atoms. The number of hydrogen-bond acceptors (Lipinski definition) is 2. The highest BCUT2D eigenvalue weighted by Gasteiger charge is 2.31. The summed E-state index contributed by atoms with van der Waals surface area (Å²) in [4.78, 5) is 4.41. The number of hydrogen-bond donors (Lipinski definition) is 0. The van der Waals surface area contributed by atoms with Crippen molar-refractivity contribution < 1.29 is 17.9 Å². The lowest BCUT2D eigenvalue weighted by atomic mass is 10.1. The molecule has 0 aliphatic rings. The average molecular weight is 362 g/mol. The van der Waals surface area contributed by atoms with Crippen LogP contribution in [0.5, 0.6) is 5.75 Å². The molecular weight excluding hydrogens is 341 g/mol. The second-order valence-electron chi connectivity index (χ2n) is 6.37. The Balaban J connectivity index is 1.96. The van der Waals surface area contributed by atoms with E-state index in [0.717, 1.165) is 35.4 Å². The molecule has 3 aromatic rings. The van der Waals surface area contributed by atoms with Gasteiger partial charge >= 0.3 is 6.18 Å². The van der Waals surface area contributed by atoms with Crippen LogP contribution in [0.1, 0.15) is 35.9 Å². The lowest BCUT2D eigenvalue weighted by Gasteiger charge is -2.12. The van der Waals surface area contributed by atoms with Crippen molar-refractivity contribution in [1.82, 2.24) is 9.55 Å². The molecule has 0 saturated heterocycles. The number of alkyl halides is 3. The van der Waals surface area contributed by atoms with Crippen molar-refractivity contribution >= 4 is 11.0 Å². The topological polar surface area (TPSA) is 27.1 Å². The maximum atomic E-state index is 13.0. The van der Waals surface area contributed by atoms with Gasteiger partial charge in [0.1, 0.15) is 18.2 Å². The first-order valence-corrected chi connectivity index (χ1v) is 8.56. The summed E-state index contributed by atoms with van der Waals surface area (Å²) in [5.74, 6) is 1.39. The first kappa shape index (κ1) is 18.3. The highest BCUT2D eigenvalue weighted by molar-refractivity contribution is 5.77. The third-order valence-corrected chi connectivity index (χ3v) is 4.51. The maximum Gasteiger partial charge on any atom is 0.416 e. The number of nitrogens with zero attached hydrogens (tertiary/aromatic N) is 2. The molecule has 26 heavy (non-hydrogen) atoms. The lowest BCUT2D eigenvalue weighted by molar-refractivity contribution is -0.137. The lowest BCUT2D eigenvalue weighted by Crippen LogP contribution is -2.08. The molecule has 0 amide bonds. The first-order chi connectivity index (χ1) is 12.3. The van der Waals surface area contributed by atoms with Gasteiger partial charge in [0.2, 0.25) is 0 Å². The molecule has 2 aromatic carbocycles. The van der Waals surface area contributed by atoms with Gasteiger partial charge in [-0.25, -0.2) is 4.98 Å². The zero-order chi connectivity index (χ0) is 18.9. The Bertz CT molecular complexity index is 929. The van der Waals surface area contributed by atoms with Crippen LogP contribution in [0, 0.1) is 13.8 Å². The van der Waals surface area contributed by atoms with Gasteiger partial charge < -0.3 is 9.30 Å². The summed E-state index contributed by atoms with van der Waals surface area (Å²) >= 11 is 0. The molecule has 6 heteroatoms. The maximum absolute atomic E-state index is 13.0. The van der Waals surface area contributed by atoms with Gasteiger partial charge in [0, 0.05) is 6.54 Å². The zero-order valence-corrected chi connectivity index (χ0v) is 15.0. The third-order valence-electron chi connectivity index (χ3n) is 4.51. The zero-order valence-electron chi connectivity index (χ0n) is 15.0. The molecule has 1 aromatic heterocycles. The molecule has 0 spiro atoms. The molecule has 138 valence electrons. The molecule has 0 aliphatic heterocycles. The van der Waals surface area contributed by atoms with Gasteiger partial charge in [0.25, 0.3) is 0 Å². The number of aryl methyl sites for hydroxylation is 2. The predicted octanol–water partition coefficient (Wildman–Crippen LogP) is 5.66. The van der Waals surface area contributed by atoms with Crippen LogP contribution in [0.2, 0.25) is 0 Å². The van der Waals surface area contributed by atoms with Gasteiger partial charge in [-0.15, -0.1) is 0 Å². The fourth-order valence-corrected chi connectivity index (χ4v) is 2.96. The Morgan fingerprint density at radius 1 is 1.12 bits per heavy atom. The highest BCUT2D eigenvalue weighted by atomic mass is 19.4. The molecule has 0 radical (unpaired) electrons. The van der Waals surface area contributed by atoms with Crippen molar-refractivity contribution in [2.24, 2.45) is 0 Å². The van der Waals surface area contributed by atoms with E-state index in [1.165, 1.54) is 6.07 Å². The van der Waals surface area contributed by atoms with Crippen molar-refractivity contribution in [3.63, 3.8) is 0 Å². The number of fused-ring (bicyclic) bond motifs is 1. The van der Waals surface area contributed by atoms with Crippen LogP contribution in [0.15, 0.2) is 36.4 Å². The van der Waals surface area contributed by atoms with Gasteiger partial charge in [-0.05, 0) is 55.7 Å². The fraction of sp³-hybridized carbons (Fsp3) is 0.350. The largest absolute Gasteiger partial charge is 0.485 e. The van der Waals surface area contributed by atoms with Crippen molar-refractivity contribution in [3.05, 3.63) is 58.9 Å². The summed E-state index contributed by atoms with van der Waals surface area (Å²) in [6.07, 6.45) is -3.53. The second-order valence-corrected chi connectivity index (χ2v) is 6.37. The number of benzene rings is 2. The normalized spacial score (nSPS) is 11.9. The Morgan fingerprint density at radius 3 is 2.58 bits per heavy atom. The molecule has 0 atom stereocenters. The number of imidazole rings is 1. The van der Waals surface area contributed by atoms with E-state index < -0.39 is 11.7 Å². The summed E-state index contributed by atoms with van der Waals surface area (Å²) in [6.45, 7) is 6.89. The minimum Gasteiger partial charge on any atom is -0.485 e. The Hall–Kier alpha value is -2.50. The van der Waals surface area contributed by atoms with Gasteiger partial charge in [-0.3, -0.25) is 0 Å². The van der Waals surface area contributed by atoms with Crippen molar-refractivity contribution in [2.45, 2.75) is 46.5 Å². The van der Waals surface area contributed by atoms with Gasteiger partial charge in [-0.1, -0.05) is 19.1 Å². The Labute approximate surface area is 150 Å². The Morgan fingerprint density at radius 2 is 1.88 bits per heavy atom. The summed E-state index contributed by atoms with van der Waals surface area (Å²) in [7, 11) is 0. The Kier molecular flexibility index (Phi) is 4.94. The van der Waals surface area contributed by atoms with Gasteiger partial charge in [-0.2, -0.15) is 13.2 Å². The van der Waals surface area contributed by atoms with E-state index in [9.17, 15) is 13.2 Å². The summed E-state index contributed by atoms with van der Waals surface area (Å²) in [6, 6.07) is 9.50. The van der Waals surface area contributed by atoms with E-state index in [-0.39, 0.29) is 6.61 Å². The van der Waals surface area contributed by atoms with E-state index in [1.54, 1.807) is 0 Å².